The van der Waals surface area contributed by atoms with Crippen molar-refractivity contribution in [3.8, 4) is 17.0 Å². The molecular weight excluding hydrogens is 494 g/mol. The summed E-state index contributed by atoms with van der Waals surface area (Å²) >= 11 is 0. The van der Waals surface area contributed by atoms with Crippen LogP contribution >= 0.6 is 0 Å². The first-order valence-electron chi connectivity index (χ1n) is 13.3. The van der Waals surface area contributed by atoms with Crippen LogP contribution in [0.5, 0.6) is 5.75 Å². The number of aryl methyl sites for hydroxylation is 2. The minimum Gasteiger partial charge on any atom is -0.486 e. The SMILES string of the molecule is COC(=O)N1CCCC2(C1)CN(c1ccc(-c3n[nH]c4ccc(OC(C)c5c(C)cnnc5C)cc34)cn1)C2. The number of aromatic nitrogens is 5. The molecule has 1 atom stereocenters. The van der Waals surface area contributed by atoms with Gasteiger partial charge in [0.2, 0.25) is 0 Å². The van der Waals surface area contributed by atoms with E-state index in [0.29, 0.717) is 0 Å². The number of likely N-dealkylation sites (tertiary alicyclic amines) is 1. The van der Waals surface area contributed by atoms with Crippen LogP contribution < -0.4 is 9.64 Å². The molecule has 1 N–H and O–H groups in total. The Morgan fingerprint density at radius 3 is 2.72 bits per heavy atom. The van der Waals surface area contributed by atoms with Crippen LogP contribution in [0, 0.1) is 19.3 Å². The average Bonchev–Trinajstić information content (AvgIpc) is 3.34. The number of benzene rings is 1. The van der Waals surface area contributed by atoms with Crippen LogP contribution in [0.1, 0.15) is 42.7 Å². The quantitative estimate of drug-likeness (QED) is 0.393. The van der Waals surface area contributed by atoms with Crippen LogP contribution in [-0.4, -0.2) is 69.7 Å². The summed E-state index contributed by atoms with van der Waals surface area (Å²) in [6.45, 7) is 9.30. The lowest BCUT2D eigenvalue weighted by Gasteiger charge is -2.54. The van der Waals surface area contributed by atoms with Crippen molar-refractivity contribution < 1.29 is 14.3 Å². The van der Waals surface area contributed by atoms with Crippen molar-refractivity contribution in [3.63, 3.8) is 0 Å². The molecule has 3 aromatic heterocycles. The van der Waals surface area contributed by atoms with Crippen LogP contribution in [0.15, 0.2) is 42.7 Å². The van der Waals surface area contributed by atoms with Gasteiger partial charge in [-0.05, 0) is 69.5 Å². The van der Waals surface area contributed by atoms with E-state index in [9.17, 15) is 4.79 Å². The van der Waals surface area contributed by atoms with E-state index < -0.39 is 0 Å². The number of amides is 1. The lowest BCUT2D eigenvalue weighted by Crippen LogP contribution is -2.63. The van der Waals surface area contributed by atoms with Gasteiger partial charge in [0, 0.05) is 54.3 Å². The molecule has 5 heterocycles. The minimum atomic E-state index is -0.233. The highest BCUT2D eigenvalue weighted by Crippen LogP contribution is 2.41. The van der Waals surface area contributed by atoms with E-state index in [2.05, 4.69) is 31.4 Å². The number of rotatable bonds is 5. The number of carbonyl (C=O) groups is 1. The first kappa shape index (κ1) is 25.1. The Labute approximate surface area is 227 Å². The minimum absolute atomic E-state index is 0.127. The molecule has 2 fully saturated rings. The van der Waals surface area contributed by atoms with Gasteiger partial charge in [-0.25, -0.2) is 9.78 Å². The predicted octanol–water partition coefficient (Wildman–Crippen LogP) is 4.84. The van der Waals surface area contributed by atoms with Gasteiger partial charge in [0.05, 0.1) is 24.5 Å². The average molecular weight is 528 g/mol. The van der Waals surface area contributed by atoms with E-state index in [1.165, 1.54) is 7.11 Å². The largest absolute Gasteiger partial charge is 0.486 e. The number of piperidine rings is 1. The summed E-state index contributed by atoms with van der Waals surface area (Å²) in [5.74, 6) is 1.70. The fourth-order valence-corrected chi connectivity index (χ4v) is 6.16. The molecule has 10 heteroatoms. The van der Waals surface area contributed by atoms with Gasteiger partial charge < -0.3 is 19.3 Å². The van der Waals surface area contributed by atoms with Crippen molar-refractivity contribution in [3.05, 3.63) is 59.5 Å². The Morgan fingerprint density at radius 1 is 1.13 bits per heavy atom. The van der Waals surface area contributed by atoms with E-state index >= 15 is 0 Å². The Hall–Kier alpha value is -4.21. The van der Waals surface area contributed by atoms with E-state index in [0.717, 1.165) is 89.6 Å². The standard InChI is InChI=1S/C29H33N7O3/c1-18-13-31-32-19(2)26(18)20(3)39-22-7-8-24-23(12-22)27(34-33-24)21-6-9-25(30-14-21)36-16-29(17-36)10-5-11-35(15-29)28(37)38-4/h6-9,12-14,20H,5,10-11,15-17H2,1-4H3,(H,33,34). The smallest absolute Gasteiger partial charge is 0.409 e. The van der Waals surface area contributed by atoms with Gasteiger partial charge in [0.1, 0.15) is 23.4 Å². The Balaban J connectivity index is 1.17. The molecule has 2 aliphatic heterocycles. The Kier molecular flexibility index (Phi) is 6.32. The van der Waals surface area contributed by atoms with Gasteiger partial charge in [-0.3, -0.25) is 5.10 Å². The zero-order valence-corrected chi connectivity index (χ0v) is 22.8. The Bertz CT molecular complexity index is 1490. The summed E-state index contributed by atoms with van der Waals surface area (Å²) in [6, 6.07) is 10.1. The molecule has 2 aliphatic rings. The molecule has 202 valence electrons. The number of aromatic amines is 1. The number of hydrogen-bond acceptors (Lipinski definition) is 8. The summed E-state index contributed by atoms with van der Waals surface area (Å²) in [4.78, 5) is 20.9. The lowest BCUT2D eigenvalue weighted by atomic mass is 9.73. The molecule has 2 saturated heterocycles. The third-order valence-corrected chi connectivity index (χ3v) is 8.02. The summed E-state index contributed by atoms with van der Waals surface area (Å²) in [6.07, 6.45) is 5.37. The fraction of sp³-hybridized carbons (Fsp3) is 0.414. The summed E-state index contributed by atoms with van der Waals surface area (Å²) < 4.78 is 11.3. The number of nitrogens with zero attached hydrogens (tertiary/aromatic N) is 6. The number of hydrogen-bond donors (Lipinski definition) is 1. The highest BCUT2D eigenvalue weighted by molar-refractivity contribution is 5.93. The number of anilines is 1. The molecule has 10 nitrogen and oxygen atoms in total. The van der Waals surface area contributed by atoms with Crippen molar-refractivity contribution in [1.29, 1.82) is 0 Å². The molecule has 1 spiro atoms. The lowest BCUT2D eigenvalue weighted by molar-refractivity contribution is 0.0501. The normalized spacial score (nSPS) is 17.2. The van der Waals surface area contributed by atoms with Crippen LogP contribution in [0.3, 0.4) is 0 Å². The number of H-pyrrole nitrogens is 1. The molecule has 1 unspecified atom stereocenters. The summed E-state index contributed by atoms with van der Waals surface area (Å²) in [5, 5.41) is 16.9. The number of carbonyl (C=O) groups excluding carboxylic acids is 1. The maximum absolute atomic E-state index is 12.0. The van der Waals surface area contributed by atoms with Gasteiger partial charge in [-0.15, -0.1) is 0 Å². The second-order valence-electron chi connectivity index (χ2n) is 10.8. The van der Waals surface area contributed by atoms with Crippen LogP contribution in [0.2, 0.25) is 0 Å². The Morgan fingerprint density at radius 2 is 1.97 bits per heavy atom. The molecule has 0 radical (unpaired) electrons. The number of ether oxygens (including phenoxy) is 2. The second-order valence-corrected chi connectivity index (χ2v) is 10.8. The first-order chi connectivity index (χ1) is 18.9. The maximum atomic E-state index is 12.0. The van der Waals surface area contributed by atoms with Gasteiger partial charge in [0.15, 0.2) is 0 Å². The molecule has 4 aromatic rings. The fourth-order valence-electron chi connectivity index (χ4n) is 6.16. The highest BCUT2D eigenvalue weighted by atomic mass is 16.5. The van der Waals surface area contributed by atoms with Crippen molar-refractivity contribution in [2.45, 2.75) is 39.7 Å². The summed E-state index contributed by atoms with van der Waals surface area (Å²) in [7, 11) is 1.45. The van der Waals surface area contributed by atoms with E-state index in [4.69, 9.17) is 14.5 Å². The van der Waals surface area contributed by atoms with Crippen molar-refractivity contribution in [2.75, 3.05) is 38.2 Å². The van der Waals surface area contributed by atoms with Gasteiger partial charge >= 0.3 is 6.09 Å². The molecule has 0 bridgehead atoms. The van der Waals surface area contributed by atoms with Crippen LogP contribution in [0.25, 0.3) is 22.2 Å². The number of fused-ring (bicyclic) bond motifs is 1. The number of methoxy groups -OCH3 is 1. The van der Waals surface area contributed by atoms with Gasteiger partial charge in [0.25, 0.3) is 0 Å². The molecule has 1 aromatic carbocycles. The van der Waals surface area contributed by atoms with Crippen LogP contribution in [-0.2, 0) is 4.74 Å². The zero-order valence-electron chi connectivity index (χ0n) is 22.8. The molecule has 0 aliphatic carbocycles. The van der Waals surface area contributed by atoms with E-state index in [1.54, 1.807) is 6.20 Å². The maximum Gasteiger partial charge on any atom is 0.409 e. The van der Waals surface area contributed by atoms with Gasteiger partial charge in [-0.1, -0.05) is 0 Å². The second kappa shape index (κ2) is 9.83. The predicted molar refractivity (Wildman–Crippen MR) is 148 cm³/mol. The summed E-state index contributed by atoms with van der Waals surface area (Å²) in [5.41, 5.74) is 5.81. The third-order valence-electron chi connectivity index (χ3n) is 8.02. The van der Waals surface area contributed by atoms with Gasteiger partial charge in [-0.2, -0.15) is 15.3 Å². The molecule has 6 rings (SSSR count). The number of pyridine rings is 1. The van der Waals surface area contributed by atoms with Crippen molar-refractivity contribution >= 4 is 22.8 Å². The number of nitrogens with one attached hydrogen (secondary N) is 1. The topological polar surface area (TPSA) is 109 Å². The van der Waals surface area contributed by atoms with E-state index in [1.807, 2.05) is 56.1 Å². The molecule has 1 amide bonds. The highest BCUT2D eigenvalue weighted by Gasteiger charge is 2.47. The van der Waals surface area contributed by atoms with Crippen LogP contribution in [0.4, 0.5) is 10.6 Å². The monoisotopic (exact) mass is 527 g/mol. The van der Waals surface area contributed by atoms with Crippen molar-refractivity contribution in [2.24, 2.45) is 5.41 Å². The third kappa shape index (κ3) is 4.64. The molecule has 0 saturated carbocycles. The first-order valence-corrected chi connectivity index (χ1v) is 13.3. The van der Waals surface area contributed by atoms with E-state index in [-0.39, 0.29) is 17.6 Å². The zero-order chi connectivity index (χ0) is 27.1. The van der Waals surface area contributed by atoms with Crippen molar-refractivity contribution in [1.82, 2.24) is 30.3 Å². The molecule has 39 heavy (non-hydrogen) atoms. The molecular formula is C29H33N7O3.